The number of carbonyl (C=O) groups is 1. The van der Waals surface area contributed by atoms with Crippen LogP contribution in [0.2, 0.25) is 0 Å². The molecule has 1 saturated carbocycles. The first-order valence-corrected chi connectivity index (χ1v) is 8.59. The molecule has 1 heterocycles. The van der Waals surface area contributed by atoms with Crippen molar-refractivity contribution in [2.75, 3.05) is 20.3 Å². The maximum atomic E-state index is 12.4. The maximum absolute atomic E-state index is 12.4. The number of fused-ring (bicyclic) bond motifs is 1. The second-order valence-electron chi connectivity index (χ2n) is 6.20. The van der Waals surface area contributed by atoms with E-state index in [2.05, 4.69) is 23.3 Å². The molecule has 1 aliphatic rings. The number of nitrogens with one attached hydrogen (secondary N) is 1. The van der Waals surface area contributed by atoms with Gasteiger partial charge in [0.1, 0.15) is 0 Å². The summed E-state index contributed by atoms with van der Waals surface area (Å²) < 4.78 is 6.43. The van der Waals surface area contributed by atoms with Crippen LogP contribution in [0.4, 0.5) is 0 Å². The van der Waals surface area contributed by atoms with Gasteiger partial charge in [-0.2, -0.15) is 0 Å². The Morgan fingerprint density at radius 2 is 2.23 bits per heavy atom. The third-order valence-electron chi connectivity index (χ3n) is 4.51. The molecule has 4 nitrogen and oxygen atoms in total. The molecule has 118 valence electrons. The average Bonchev–Trinajstić information content (AvgIpc) is 2.92. The lowest BCUT2D eigenvalue weighted by Crippen LogP contribution is -2.49. The van der Waals surface area contributed by atoms with E-state index in [1.54, 1.807) is 18.4 Å². The quantitative estimate of drug-likeness (QED) is 0.889. The molecule has 1 aliphatic carbocycles. The number of methoxy groups -OCH3 is 1. The van der Waals surface area contributed by atoms with Crippen molar-refractivity contribution in [3.63, 3.8) is 0 Å². The second kappa shape index (κ2) is 6.34. The number of aromatic nitrogens is 1. The van der Waals surface area contributed by atoms with E-state index < -0.39 is 0 Å². The molecule has 1 aromatic carbocycles. The topological polar surface area (TPSA) is 51.2 Å². The lowest BCUT2D eigenvalue weighted by atomic mass is 9.68. The third kappa shape index (κ3) is 2.88. The highest BCUT2D eigenvalue weighted by atomic mass is 32.1. The minimum Gasteiger partial charge on any atom is -0.384 e. The fraction of sp³-hybridized carbons (Fsp3) is 0.529. The number of ether oxygens (including phenoxy) is 1. The van der Waals surface area contributed by atoms with E-state index in [0.29, 0.717) is 13.2 Å². The van der Waals surface area contributed by atoms with Gasteiger partial charge in [-0.05, 0) is 25.0 Å². The molecule has 0 radical (unpaired) electrons. The van der Waals surface area contributed by atoms with Gasteiger partial charge in [0.25, 0.3) is 0 Å². The fourth-order valence-corrected chi connectivity index (χ4v) is 3.96. The summed E-state index contributed by atoms with van der Waals surface area (Å²) >= 11 is 1.71. The number of hydrogen-bond acceptors (Lipinski definition) is 4. The Morgan fingerprint density at radius 1 is 1.45 bits per heavy atom. The predicted octanol–water partition coefficient (Wildman–Crippen LogP) is 3.33. The molecule has 22 heavy (non-hydrogen) atoms. The summed E-state index contributed by atoms with van der Waals surface area (Å²) in [5.41, 5.74) is 0.748. The van der Waals surface area contributed by atoms with Gasteiger partial charge in [-0.15, -0.1) is 11.3 Å². The molecular weight excluding hydrogens is 296 g/mol. The van der Waals surface area contributed by atoms with Crippen molar-refractivity contribution in [3.8, 4) is 0 Å². The summed E-state index contributed by atoms with van der Waals surface area (Å²) in [7, 11) is 1.66. The largest absolute Gasteiger partial charge is 0.384 e. The normalized spacial score (nSPS) is 17.9. The summed E-state index contributed by atoms with van der Waals surface area (Å²) in [6.07, 6.45) is 2.98. The third-order valence-corrected chi connectivity index (χ3v) is 5.78. The molecule has 1 N–H and O–H groups in total. The summed E-state index contributed by atoms with van der Waals surface area (Å²) in [5.74, 6) is 0.356. The van der Waals surface area contributed by atoms with E-state index in [4.69, 9.17) is 4.74 Å². The molecule has 2 aromatic rings. The van der Waals surface area contributed by atoms with E-state index in [1.165, 1.54) is 4.70 Å². The van der Waals surface area contributed by atoms with Gasteiger partial charge in [0, 0.05) is 19.6 Å². The van der Waals surface area contributed by atoms with Gasteiger partial charge in [-0.25, -0.2) is 4.98 Å². The molecule has 1 amide bonds. The highest BCUT2D eigenvalue weighted by Crippen LogP contribution is 2.41. The van der Waals surface area contributed by atoms with Gasteiger partial charge in [0.15, 0.2) is 0 Å². The zero-order valence-corrected chi connectivity index (χ0v) is 13.9. The van der Waals surface area contributed by atoms with Crippen molar-refractivity contribution in [1.82, 2.24) is 10.3 Å². The molecule has 3 rings (SSSR count). The SMILES string of the molecule is COCC1(C(=O)NCC(C)c2nc3ccccc3s2)CCC1. The highest BCUT2D eigenvalue weighted by molar-refractivity contribution is 7.18. The van der Waals surface area contributed by atoms with Gasteiger partial charge in [0.2, 0.25) is 5.91 Å². The van der Waals surface area contributed by atoms with Crippen LogP contribution in [0.1, 0.15) is 37.1 Å². The molecule has 1 fully saturated rings. The van der Waals surface area contributed by atoms with Crippen molar-refractivity contribution in [3.05, 3.63) is 29.3 Å². The summed E-state index contributed by atoms with van der Waals surface area (Å²) in [5, 5.41) is 4.18. The van der Waals surface area contributed by atoms with Gasteiger partial charge in [-0.3, -0.25) is 4.79 Å². The fourth-order valence-electron chi connectivity index (χ4n) is 2.94. The number of carbonyl (C=O) groups excluding carboxylic acids is 1. The van der Waals surface area contributed by atoms with Crippen LogP contribution in [0, 0.1) is 5.41 Å². The Hall–Kier alpha value is -1.46. The first kappa shape index (κ1) is 15.4. The smallest absolute Gasteiger partial charge is 0.228 e. The van der Waals surface area contributed by atoms with E-state index >= 15 is 0 Å². The van der Waals surface area contributed by atoms with Crippen molar-refractivity contribution < 1.29 is 9.53 Å². The Morgan fingerprint density at radius 3 is 2.86 bits per heavy atom. The first-order valence-electron chi connectivity index (χ1n) is 7.77. The number of benzene rings is 1. The van der Waals surface area contributed by atoms with E-state index in [9.17, 15) is 4.79 Å². The first-order chi connectivity index (χ1) is 10.6. The lowest BCUT2D eigenvalue weighted by Gasteiger charge is -2.39. The van der Waals surface area contributed by atoms with Crippen molar-refractivity contribution in [1.29, 1.82) is 0 Å². The van der Waals surface area contributed by atoms with Crippen LogP contribution >= 0.6 is 11.3 Å². The number of amides is 1. The van der Waals surface area contributed by atoms with Gasteiger partial charge >= 0.3 is 0 Å². The van der Waals surface area contributed by atoms with Gasteiger partial charge in [-0.1, -0.05) is 25.5 Å². The van der Waals surface area contributed by atoms with Gasteiger partial charge in [0.05, 0.1) is 27.2 Å². The molecule has 1 atom stereocenters. The van der Waals surface area contributed by atoms with Crippen LogP contribution in [0.3, 0.4) is 0 Å². The monoisotopic (exact) mass is 318 g/mol. The molecule has 1 unspecified atom stereocenters. The molecule has 1 aromatic heterocycles. The second-order valence-corrected chi connectivity index (χ2v) is 7.26. The lowest BCUT2D eigenvalue weighted by molar-refractivity contribution is -0.140. The molecule has 5 heteroatoms. The van der Waals surface area contributed by atoms with Crippen molar-refractivity contribution >= 4 is 27.5 Å². The van der Waals surface area contributed by atoms with E-state index in [0.717, 1.165) is 29.8 Å². The maximum Gasteiger partial charge on any atom is 0.228 e. The number of hydrogen-bond donors (Lipinski definition) is 1. The molecule has 0 bridgehead atoms. The Bertz CT molecular complexity index is 630. The number of para-hydroxylation sites is 1. The Balaban J connectivity index is 1.62. The molecule has 0 saturated heterocycles. The predicted molar refractivity (Wildman–Crippen MR) is 89.2 cm³/mol. The van der Waals surface area contributed by atoms with Crippen LogP contribution in [0.15, 0.2) is 24.3 Å². The van der Waals surface area contributed by atoms with E-state index in [-0.39, 0.29) is 17.2 Å². The van der Waals surface area contributed by atoms with Crippen LogP contribution in [0.5, 0.6) is 0 Å². The number of thiazole rings is 1. The highest BCUT2D eigenvalue weighted by Gasteiger charge is 2.44. The number of nitrogens with zero attached hydrogens (tertiary/aromatic N) is 1. The zero-order chi connectivity index (χ0) is 15.6. The van der Waals surface area contributed by atoms with Crippen LogP contribution < -0.4 is 5.32 Å². The molecule has 0 spiro atoms. The van der Waals surface area contributed by atoms with Crippen LogP contribution in [0.25, 0.3) is 10.2 Å². The standard InChI is InChI=1S/C17H22N2O2S/c1-12(15-19-13-6-3-4-7-14(13)22-15)10-18-16(20)17(11-21-2)8-5-9-17/h3-4,6-7,12H,5,8-11H2,1-2H3,(H,18,20). The summed E-state index contributed by atoms with van der Waals surface area (Å²) in [6.45, 7) is 3.26. The van der Waals surface area contributed by atoms with Crippen LogP contribution in [-0.2, 0) is 9.53 Å². The van der Waals surface area contributed by atoms with Crippen molar-refractivity contribution in [2.45, 2.75) is 32.1 Å². The molecular formula is C17H22N2O2S. The minimum absolute atomic E-state index is 0.133. The Labute approximate surface area is 134 Å². The Kier molecular flexibility index (Phi) is 4.45. The minimum atomic E-state index is -0.290. The summed E-state index contributed by atoms with van der Waals surface area (Å²) in [4.78, 5) is 17.1. The van der Waals surface area contributed by atoms with Gasteiger partial charge < -0.3 is 10.1 Å². The summed E-state index contributed by atoms with van der Waals surface area (Å²) in [6, 6.07) is 8.15. The van der Waals surface area contributed by atoms with Crippen LogP contribution in [-0.4, -0.2) is 31.2 Å². The van der Waals surface area contributed by atoms with E-state index in [1.807, 2.05) is 18.2 Å². The molecule has 0 aliphatic heterocycles. The average molecular weight is 318 g/mol. The zero-order valence-electron chi connectivity index (χ0n) is 13.1. The van der Waals surface area contributed by atoms with Crippen molar-refractivity contribution in [2.24, 2.45) is 5.41 Å². The number of rotatable bonds is 6.